The second-order valence-corrected chi connectivity index (χ2v) is 8.30. The van der Waals surface area contributed by atoms with Gasteiger partial charge in [0.15, 0.2) is 0 Å². The number of hydrogen-bond acceptors (Lipinski definition) is 4. The van der Waals surface area contributed by atoms with E-state index in [9.17, 15) is 14.0 Å². The second-order valence-electron chi connectivity index (χ2n) is 8.30. The first-order valence-corrected chi connectivity index (χ1v) is 10.7. The third-order valence-electron chi connectivity index (χ3n) is 5.90. The highest BCUT2D eigenvalue weighted by atomic mass is 19.1. The third kappa shape index (κ3) is 5.34. The molecule has 2 aromatic carbocycles. The zero-order valence-electron chi connectivity index (χ0n) is 18.8. The molecule has 1 fully saturated rings. The molecular formula is C25H30FN3O3. The largest absolute Gasteiger partial charge is 0.484 e. The first-order chi connectivity index (χ1) is 15.2. The lowest BCUT2D eigenvalue weighted by Crippen LogP contribution is -2.54. The minimum atomic E-state index is -0.493. The van der Waals surface area contributed by atoms with Gasteiger partial charge in [-0.25, -0.2) is 4.39 Å². The Morgan fingerprint density at radius 3 is 2.56 bits per heavy atom. The Balaban J connectivity index is 1.83. The maximum atomic E-state index is 14.3. The third-order valence-corrected chi connectivity index (χ3v) is 5.90. The molecule has 3 rings (SSSR count). The SMILES string of the molecule is C=CC(=O)N1CCN(CC(Oc2ccc(C(N)=O)c(C)c2)c2ccc(C)c(F)c2)C[C@H]1C. The molecule has 0 aliphatic carbocycles. The Hall–Kier alpha value is -3.19. The van der Waals surface area contributed by atoms with Gasteiger partial charge in [-0.1, -0.05) is 18.7 Å². The molecule has 170 valence electrons. The van der Waals surface area contributed by atoms with E-state index in [-0.39, 0.29) is 17.8 Å². The normalized spacial score (nSPS) is 17.6. The van der Waals surface area contributed by atoms with Gasteiger partial charge in [0.1, 0.15) is 17.7 Å². The summed E-state index contributed by atoms with van der Waals surface area (Å²) in [5.41, 5.74) is 7.85. The van der Waals surface area contributed by atoms with Crippen molar-refractivity contribution in [2.75, 3.05) is 26.2 Å². The van der Waals surface area contributed by atoms with Gasteiger partial charge in [0.05, 0.1) is 0 Å². The van der Waals surface area contributed by atoms with Crippen LogP contribution in [0.25, 0.3) is 0 Å². The number of benzene rings is 2. The highest BCUT2D eigenvalue weighted by molar-refractivity contribution is 5.94. The van der Waals surface area contributed by atoms with E-state index in [1.54, 1.807) is 43.0 Å². The van der Waals surface area contributed by atoms with E-state index < -0.39 is 12.0 Å². The van der Waals surface area contributed by atoms with Crippen LogP contribution in [0, 0.1) is 19.7 Å². The van der Waals surface area contributed by atoms with Crippen LogP contribution in [0.3, 0.4) is 0 Å². The summed E-state index contributed by atoms with van der Waals surface area (Å²) in [6.07, 6.45) is 0.906. The second kappa shape index (κ2) is 9.96. The lowest BCUT2D eigenvalue weighted by atomic mass is 10.0. The van der Waals surface area contributed by atoms with Crippen molar-refractivity contribution in [3.63, 3.8) is 0 Å². The monoisotopic (exact) mass is 439 g/mol. The van der Waals surface area contributed by atoms with Crippen LogP contribution in [-0.4, -0.2) is 53.8 Å². The van der Waals surface area contributed by atoms with Gasteiger partial charge in [0.25, 0.3) is 0 Å². The fourth-order valence-electron chi connectivity index (χ4n) is 4.05. The first-order valence-electron chi connectivity index (χ1n) is 10.7. The summed E-state index contributed by atoms with van der Waals surface area (Å²) in [6.45, 7) is 11.6. The molecule has 32 heavy (non-hydrogen) atoms. The van der Waals surface area contributed by atoms with Crippen LogP contribution >= 0.6 is 0 Å². The first kappa shape index (κ1) is 23.5. The summed E-state index contributed by atoms with van der Waals surface area (Å²) >= 11 is 0. The fraction of sp³-hybridized carbons (Fsp3) is 0.360. The van der Waals surface area contributed by atoms with Gasteiger partial charge in [0, 0.05) is 37.8 Å². The van der Waals surface area contributed by atoms with E-state index >= 15 is 0 Å². The summed E-state index contributed by atoms with van der Waals surface area (Å²) in [5.74, 6) is -0.277. The molecule has 2 amide bonds. The average molecular weight is 440 g/mol. The molecule has 0 radical (unpaired) electrons. The van der Waals surface area contributed by atoms with Crippen molar-refractivity contribution in [2.45, 2.75) is 32.9 Å². The molecule has 2 aromatic rings. The maximum absolute atomic E-state index is 14.3. The number of nitrogens with zero attached hydrogens (tertiary/aromatic N) is 2. The van der Waals surface area contributed by atoms with Crippen molar-refractivity contribution >= 4 is 11.8 Å². The quantitative estimate of drug-likeness (QED) is 0.671. The molecule has 1 aliphatic heterocycles. The number of amides is 2. The molecule has 1 saturated heterocycles. The van der Waals surface area contributed by atoms with Gasteiger partial charge in [-0.3, -0.25) is 14.5 Å². The molecule has 2 N–H and O–H groups in total. The van der Waals surface area contributed by atoms with Crippen molar-refractivity contribution in [3.05, 3.63) is 77.1 Å². The van der Waals surface area contributed by atoms with E-state index in [0.29, 0.717) is 48.6 Å². The smallest absolute Gasteiger partial charge is 0.248 e. The Labute approximate surface area is 188 Å². The van der Waals surface area contributed by atoms with Crippen molar-refractivity contribution in [2.24, 2.45) is 5.73 Å². The molecule has 0 saturated carbocycles. The number of halogens is 1. The molecular weight excluding hydrogens is 409 g/mol. The van der Waals surface area contributed by atoms with Gasteiger partial charge in [-0.15, -0.1) is 0 Å². The highest BCUT2D eigenvalue weighted by Crippen LogP contribution is 2.27. The zero-order valence-corrected chi connectivity index (χ0v) is 18.8. The van der Waals surface area contributed by atoms with Crippen LogP contribution in [0.1, 0.15) is 40.1 Å². The topological polar surface area (TPSA) is 75.9 Å². The van der Waals surface area contributed by atoms with Gasteiger partial charge in [-0.05, 0) is 67.8 Å². The van der Waals surface area contributed by atoms with Crippen molar-refractivity contribution in [1.29, 1.82) is 0 Å². The number of hydrogen-bond donors (Lipinski definition) is 1. The molecule has 0 aromatic heterocycles. The molecule has 2 atom stereocenters. The van der Waals surface area contributed by atoms with Gasteiger partial charge >= 0.3 is 0 Å². The number of piperazine rings is 1. The van der Waals surface area contributed by atoms with Crippen LogP contribution in [0.2, 0.25) is 0 Å². The molecule has 0 bridgehead atoms. The van der Waals surface area contributed by atoms with Gasteiger partial charge in [-0.2, -0.15) is 0 Å². The number of primary amides is 1. The molecule has 1 heterocycles. The van der Waals surface area contributed by atoms with Crippen LogP contribution in [0.5, 0.6) is 5.75 Å². The van der Waals surface area contributed by atoms with Crippen LogP contribution in [0.15, 0.2) is 49.1 Å². The molecule has 7 heteroatoms. The summed E-state index contributed by atoms with van der Waals surface area (Å²) in [5, 5.41) is 0. The van der Waals surface area contributed by atoms with Crippen LogP contribution in [0.4, 0.5) is 4.39 Å². The van der Waals surface area contributed by atoms with E-state index in [0.717, 1.165) is 5.56 Å². The number of aryl methyl sites for hydroxylation is 2. The number of ether oxygens (including phenoxy) is 1. The molecule has 6 nitrogen and oxygen atoms in total. The zero-order chi connectivity index (χ0) is 23.4. The van der Waals surface area contributed by atoms with Crippen molar-refractivity contribution in [1.82, 2.24) is 9.80 Å². The summed E-state index contributed by atoms with van der Waals surface area (Å²) in [4.78, 5) is 27.6. The number of nitrogens with two attached hydrogens (primary N) is 1. The van der Waals surface area contributed by atoms with Crippen LogP contribution < -0.4 is 10.5 Å². The molecule has 1 aliphatic rings. The summed E-state index contributed by atoms with van der Waals surface area (Å²) in [7, 11) is 0. The van der Waals surface area contributed by atoms with E-state index in [1.165, 1.54) is 12.1 Å². The minimum Gasteiger partial charge on any atom is -0.484 e. The predicted octanol–water partition coefficient (Wildman–Crippen LogP) is 3.38. The predicted molar refractivity (Wildman–Crippen MR) is 122 cm³/mol. The number of carbonyl (C=O) groups is 2. The van der Waals surface area contributed by atoms with E-state index in [4.69, 9.17) is 10.5 Å². The van der Waals surface area contributed by atoms with Crippen molar-refractivity contribution < 1.29 is 18.7 Å². The standard InChI is InChI=1S/C25H30FN3O3/c1-5-24(30)29-11-10-28(14-18(29)4)15-23(19-7-6-16(2)22(26)13-19)32-20-8-9-21(25(27)31)17(3)12-20/h5-9,12-13,18,23H,1,10-11,14-15H2,2-4H3,(H2,27,31)/t18-,23?/m1/s1. The van der Waals surface area contributed by atoms with Crippen LogP contribution in [-0.2, 0) is 4.79 Å². The Morgan fingerprint density at radius 2 is 1.97 bits per heavy atom. The van der Waals surface area contributed by atoms with Gasteiger partial charge < -0.3 is 15.4 Å². The van der Waals surface area contributed by atoms with E-state index in [1.807, 2.05) is 13.0 Å². The Morgan fingerprint density at radius 1 is 1.22 bits per heavy atom. The lowest BCUT2D eigenvalue weighted by molar-refractivity contribution is -0.130. The van der Waals surface area contributed by atoms with Crippen molar-refractivity contribution in [3.8, 4) is 5.75 Å². The summed E-state index contributed by atoms with van der Waals surface area (Å²) < 4.78 is 20.6. The molecule has 0 spiro atoms. The summed E-state index contributed by atoms with van der Waals surface area (Å²) in [6, 6.07) is 10.3. The molecule has 1 unspecified atom stereocenters. The number of carbonyl (C=O) groups excluding carboxylic acids is 2. The fourth-order valence-corrected chi connectivity index (χ4v) is 4.05. The lowest BCUT2D eigenvalue weighted by Gasteiger charge is -2.40. The minimum absolute atomic E-state index is 0.0294. The highest BCUT2D eigenvalue weighted by Gasteiger charge is 2.28. The maximum Gasteiger partial charge on any atom is 0.248 e. The average Bonchev–Trinajstić information content (AvgIpc) is 2.74. The Bertz CT molecular complexity index is 1020. The Kier molecular flexibility index (Phi) is 7.30. The van der Waals surface area contributed by atoms with E-state index in [2.05, 4.69) is 11.5 Å². The van der Waals surface area contributed by atoms with Gasteiger partial charge in [0.2, 0.25) is 11.8 Å². The number of rotatable bonds is 7.